The van der Waals surface area contributed by atoms with Crippen molar-refractivity contribution < 1.29 is 13.9 Å². The van der Waals surface area contributed by atoms with Gasteiger partial charge in [-0.25, -0.2) is 14.2 Å². The fraction of sp³-hybridized carbons (Fsp3) is 0.235. The highest BCUT2D eigenvalue weighted by Crippen LogP contribution is 2.36. The van der Waals surface area contributed by atoms with Crippen molar-refractivity contribution in [1.82, 2.24) is 10.3 Å². The second-order valence-electron chi connectivity index (χ2n) is 5.25. The van der Waals surface area contributed by atoms with Gasteiger partial charge in [0.25, 0.3) is 0 Å². The number of carbonyl (C=O) groups is 1. The molecule has 0 radical (unpaired) electrons. The number of hydrogen-bond donors (Lipinski definition) is 1. The summed E-state index contributed by atoms with van der Waals surface area (Å²) >= 11 is 11.1. The Bertz CT molecular complexity index is 886. The summed E-state index contributed by atoms with van der Waals surface area (Å²) in [6.45, 7) is 1.96. The van der Waals surface area contributed by atoms with E-state index in [9.17, 15) is 9.18 Å². The van der Waals surface area contributed by atoms with Crippen molar-refractivity contribution in [2.75, 3.05) is 11.9 Å². The molecular formula is C17H14BrClFN3O2S. The predicted octanol–water partition coefficient (Wildman–Crippen LogP) is 4.24. The van der Waals surface area contributed by atoms with Crippen LogP contribution in [0, 0.1) is 5.82 Å². The number of nitrogens with zero attached hydrogens (tertiary/aromatic N) is 2. The van der Waals surface area contributed by atoms with E-state index >= 15 is 0 Å². The number of carbonyl (C=O) groups excluding carboxylic acids is 1. The van der Waals surface area contributed by atoms with E-state index in [1.807, 2.05) is 5.38 Å². The molecule has 3 rings (SSSR count). The quantitative estimate of drug-likeness (QED) is 0.538. The van der Waals surface area contributed by atoms with Crippen LogP contribution in [0.3, 0.4) is 0 Å². The molecule has 0 unspecified atom stereocenters. The van der Waals surface area contributed by atoms with Crippen molar-refractivity contribution in [3.05, 3.63) is 62.5 Å². The molecule has 1 aliphatic heterocycles. The summed E-state index contributed by atoms with van der Waals surface area (Å²) in [6, 6.07) is 3.30. The molecule has 0 fully saturated rings. The van der Waals surface area contributed by atoms with E-state index in [2.05, 4.69) is 31.2 Å². The SMILES string of the molecule is CCOC(=O)C1=C(CBr)NC(c2nccs2)=N[C@@H]1c1ccc(F)cc1Cl. The van der Waals surface area contributed by atoms with Gasteiger partial charge in [-0.15, -0.1) is 11.3 Å². The minimum absolute atomic E-state index is 0.190. The molecule has 1 aromatic carbocycles. The van der Waals surface area contributed by atoms with Crippen LogP contribution in [0.5, 0.6) is 0 Å². The minimum Gasteiger partial charge on any atom is -0.463 e. The number of esters is 1. The fourth-order valence-electron chi connectivity index (χ4n) is 2.55. The molecule has 1 aromatic heterocycles. The van der Waals surface area contributed by atoms with Crippen LogP contribution in [0.4, 0.5) is 4.39 Å². The van der Waals surface area contributed by atoms with E-state index < -0.39 is 17.8 Å². The zero-order valence-electron chi connectivity index (χ0n) is 13.6. The lowest BCUT2D eigenvalue weighted by Crippen LogP contribution is -2.34. The Morgan fingerprint density at radius 1 is 1.50 bits per heavy atom. The molecule has 5 nitrogen and oxygen atoms in total. The summed E-state index contributed by atoms with van der Waals surface area (Å²) < 4.78 is 18.7. The Balaban J connectivity index is 2.15. The number of nitrogens with one attached hydrogen (secondary N) is 1. The number of halogens is 3. The monoisotopic (exact) mass is 457 g/mol. The first-order chi connectivity index (χ1) is 12.5. The lowest BCUT2D eigenvalue weighted by molar-refractivity contribution is -0.138. The second kappa shape index (κ2) is 8.28. The molecule has 1 atom stereocenters. The Kier molecular flexibility index (Phi) is 6.05. The molecule has 0 amide bonds. The third-order valence-electron chi connectivity index (χ3n) is 3.65. The highest BCUT2D eigenvalue weighted by Gasteiger charge is 2.33. The summed E-state index contributed by atoms with van der Waals surface area (Å²) in [5.74, 6) is -0.436. The maximum Gasteiger partial charge on any atom is 0.338 e. The van der Waals surface area contributed by atoms with Crippen molar-refractivity contribution >= 4 is 50.7 Å². The van der Waals surface area contributed by atoms with E-state index in [0.717, 1.165) is 0 Å². The largest absolute Gasteiger partial charge is 0.463 e. The van der Waals surface area contributed by atoms with Gasteiger partial charge in [-0.3, -0.25) is 4.99 Å². The number of aromatic nitrogens is 1. The third kappa shape index (κ3) is 3.82. The molecule has 0 saturated carbocycles. The average molecular weight is 459 g/mol. The summed E-state index contributed by atoms with van der Waals surface area (Å²) in [6.07, 6.45) is 1.67. The Morgan fingerprint density at radius 2 is 2.31 bits per heavy atom. The van der Waals surface area contributed by atoms with Gasteiger partial charge in [-0.05, 0) is 19.1 Å². The Morgan fingerprint density at radius 3 is 2.92 bits per heavy atom. The molecular weight excluding hydrogens is 445 g/mol. The van der Waals surface area contributed by atoms with E-state index in [1.54, 1.807) is 13.1 Å². The molecule has 136 valence electrons. The average Bonchev–Trinajstić information content (AvgIpc) is 3.15. The van der Waals surface area contributed by atoms with Crippen LogP contribution in [0.25, 0.3) is 0 Å². The highest BCUT2D eigenvalue weighted by atomic mass is 79.9. The van der Waals surface area contributed by atoms with Gasteiger partial charge in [0.15, 0.2) is 10.8 Å². The fourth-order valence-corrected chi connectivity index (χ4v) is 3.85. The van der Waals surface area contributed by atoms with Crippen molar-refractivity contribution in [3.63, 3.8) is 0 Å². The molecule has 1 N–H and O–H groups in total. The normalized spacial score (nSPS) is 16.9. The minimum atomic E-state index is -0.727. The lowest BCUT2D eigenvalue weighted by Gasteiger charge is -2.26. The third-order valence-corrected chi connectivity index (χ3v) is 5.31. The molecule has 0 saturated heterocycles. The van der Waals surface area contributed by atoms with Crippen LogP contribution in [-0.4, -0.2) is 28.7 Å². The highest BCUT2D eigenvalue weighted by molar-refractivity contribution is 9.09. The first-order valence-electron chi connectivity index (χ1n) is 7.70. The number of ether oxygens (including phenoxy) is 1. The number of benzene rings is 1. The number of aliphatic imine (C=N–C) groups is 1. The van der Waals surface area contributed by atoms with Gasteiger partial charge < -0.3 is 10.1 Å². The number of alkyl halides is 1. The first kappa shape index (κ1) is 19.0. The molecule has 0 bridgehead atoms. The molecule has 0 spiro atoms. The maximum atomic E-state index is 13.5. The van der Waals surface area contributed by atoms with Gasteiger partial charge in [0.1, 0.15) is 11.9 Å². The second-order valence-corrected chi connectivity index (χ2v) is 7.12. The number of thiazole rings is 1. The van der Waals surface area contributed by atoms with Gasteiger partial charge in [-0.2, -0.15) is 0 Å². The summed E-state index contributed by atoms with van der Waals surface area (Å²) in [5, 5.41) is 6.21. The van der Waals surface area contributed by atoms with E-state index in [-0.39, 0.29) is 11.6 Å². The standard InChI is InChI=1S/C17H14BrClFN3O2S/c1-2-25-17(24)13-12(8-18)22-15(16-21-5-6-26-16)23-14(13)10-4-3-9(20)7-11(10)19/h3-7,14H,2,8H2,1H3,(H,22,23)/t14-/m1/s1. The van der Waals surface area contributed by atoms with Crippen molar-refractivity contribution in [2.45, 2.75) is 13.0 Å². The number of hydrogen-bond acceptors (Lipinski definition) is 6. The molecule has 2 heterocycles. The summed E-state index contributed by atoms with van der Waals surface area (Å²) in [7, 11) is 0. The van der Waals surface area contributed by atoms with Crippen LogP contribution < -0.4 is 5.32 Å². The molecule has 1 aliphatic rings. The molecule has 9 heteroatoms. The van der Waals surface area contributed by atoms with Crippen LogP contribution in [-0.2, 0) is 9.53 Å². The molecule has 0 aliphatic carbocycles. The first-order valence-corrected chi connectivity index (χ1v) is 10.1. The predicted molar refractivity (Wildman–Crippen MR) is 103 cm³/mol. The smallest absolute Gasteiger partial charge is 0.338 e. The van der Waals surface area contributed by atoms with Gasteiger partial charge in [0.2, 0.25) is 0 Å². The zero-order chi connectivity index (χ0) is 18.7. The number of amidine groups is 1. The Labute approximate surface area is 167 Å². The van der Waals surface area contributed by atoms with Gasteiger partial charge in [0, 0.05) is 33.2 Å². The lowest BCUT2D eigenvalue weighted by atomic mass is 9.96. The van der Waals surface area contributed by atoms with E-state index in [4.69, 9.17) is 16.3 Å². The van der Waals surface area contributed by atoms with E-state index in [1.165, 1.54) is 29.5 Å². The van der Waals surface area contributed by atoms with Crippen molar-refractivity contribution in [2.24, 2.45) is 4.99 Å². The van der Waals surface area contributed by atoms with Gasteiger partial charge in [0.05, 0.1) is 12.2 Å². The molecule has 26 heavy (non-hydrogen) atoms. The Hall–Kier alpha value is -1.77. The summed E-state index contributed by atoms with van der Waals surface area (Å²) in [5.41, 5.74) is 1.46. The van der Waals surface area contributed by atoms with Crippen LogP contribution in [0.1, 0.15) is 23.5 Å². The number of allylic oxidation sites excluding steroid dienone is 1. The van der Waals surface area contributed by atoms with Crippen LogP contribution in [0.2, 0.25) is 5.02 Å². The van der Waals surface area contributed by atoms with Crippen LogP contribution >= 0.6 is 38.9 Å². The van der Waals surface area contributed by atoms with Gasteiger partial charge >= 0.3 is 5.97 Å². The maximum absolute atomic E-state index is 13.5. The van der Waals surface area contributed by atoms with Crippen molar-refractivity contribution in [1.29, 1.82) is 0 Å². The van der Waals surface area contributed by atoms with Crippen LogP contribution in [0.15, 0.2) is 46.0 Å². The van der Waals surface area contributed by atoms with Crippen molar-refractivity contribution in [3.8, 4) is 0 Å². The summed E-state index contributed by atoms with van der Waals surface area (Å²) in [4.78, 5) is 21.5. The number of rotatable bonds is 5. The topological polar surface area (TPSA) is 63.6 Å². The van der Waals surface area contributed by atoms with E-state index in [0.29, 0.717) is 33.0 Å². The zero-order valence-corrected chi connectivity index (χ0v) is 16.8. The molecule has 2 aromatic rings. The van der Waals surface area contributed by atoms with Gasteiger partial charge in [-0.1, -0.05) is 33.6 Å².